The highest BCUT2D eigenvalue weighted by Gasteiger charge is 2.39. The third kappa shape index (κ3) is 2.81. The molecular weight excluding hydrogens is 260 g/mol. The Labute approximate surface area is 126 Å². The van der Waals surface area contributed by atoms with Gasteiger partial charge in [0.1, 0.15) is 0 Å². The molecule has 112 valence electrons. The third-order valence-corrected chi connectivity index (χ3v) is 4.69. The fraction of sp³-hybridized carbons (Fsp3) is 0.500. The highest BCUT2D eigenvalue weighted by Crippen LogP contribution is 2.40. The average Bonchev–Trinajstić information content (AvgIpc) is 2.55. The molecule has 2 N–H and O–H groups in total. The number of nitrogens with zero attached hydrogens (tertiary/aromatic N) is 1. The Balaban J connectivity index is 1.95. The lowest BCUT2D eigenvalue weighted by Gasteiger charge is -2.41. The van der Waals surface area contributed by atoms with Crippen LogP contribution in [0.4, 0.5) is 0 Å². The summed E-state index contributed by atoms with van der Waals surface area (Å²) in [7, 11) is 0. The monoisotopic (exact) mass is 284 g/mol. The number of fused-ring (bicyclic) bond motifs is 1. The normalized spacial score (nSPS) is 19.5. The van der Waals surface area contributed by atoms with Crippen molar-refractivity contribution in [1.29, 1.82) is 0 Å². The summed E-state index contributed by atoms with van der Waals surface area (Å²) in [5.74, 6) is 0. The van der Waals surface area contributed by atoms with Crippen LogP contribution in [-0.2, 0) is 4.74 Å². The zero-order chi connectivity index (χ0) is 14.7. The van der Waals surface area contributed by atoms with E-state index in [0.29, 0.717) is 0 Å². The molecule has 3 heteroatoms. The van der Waals surface area contributed by atoms with Crippen LogP contribution in [0.2, 0.25) is 0 Å². The Hall–Kier alpha value is -1.45. The first-order valence-corrected chi connectivity index (χ1v) is 7.99. The highest BCUT2D eigenvalue weighted by molar-refractivity contribution is 5.79. The minimum absolute atomic E-state index is 0.0795. The third-order valence-electron chi connectivity index (χ3n) is 4.69. The quantitative estimate of drug-likeness (QED) is 0.924. The molecule has 1 unspecified atom stereocenters. The molecule has 0 bridgehead atoms. The van der Waals surface area contributed by atoms with Crippen molar-refractivity contribution in [3.63, 3.8) is 0 Å². The van der Waals surface area contributed by atoms with Gasteiger partial charge in [-0.1, -0.05) is 37.5 Å². The molecule has 21 heavy (non-hydrogen) atoms. The fourth-order valence-corrected chi connectivity index (χ4v) is 3.56. The number of aromatic nitrogens is 1. The molecule has 1 aliphatic rings. The zero-order valence-electron chi connectivity index (χ0n) is 12.7. The van der Waals surface area contributed by atoms with Crippen LogP contribution in [0, 0.1) is 0 Å². The minimum atomic E-state index is -0.199. The van der Waals surface area contributed by atoms with Crippen molar-refractivity contribution in [2.75, 3.05) is 6.61 Å². The Morgan fingerprint density at radius 3 is 2.81 bits per heavy atom. The van der Waals surface area contributed by atoms with E-state index in [2.05, 4.69) is 36.2 Å². The highest BCUT2D eigenvalue weighted by atomic mass is 16.5. The molecule has 0 radical (unpaired) electrons. The predicted molar refractivity (Wildman–Crippen MR) is 86.1 cm³/mol. The van der Waals surface area contributed by atoms with Crippen molar-refractivity contribution >= 4 is 10.9 Å². The van der Waals surface area contributed by atoms with Crippen LogP contribution in [0.5, 0.6) is 0 Å². The van der Waals surface area contributed by atoms with E-state index in [4.69, 9.17) is 10.5 Å². The van der Waals surface area contributed by atoms with Gasteiger partial charge in [0.2, 0.25) is 0 Å². The number of ether oxygens (including phenoxy) is 1. The van der Waals surface area contributed by atoms with Gasteiger partial charge < -0.3 is 10.5 Å². The standard InChI is InChI=1S/C18H24N2O/c1-2-21-18(10-4-3-5-11-18)17(19)15-9-8-14-7-6-12-20-16(14)13-15/h6-9,12-13,17H,2-5,10-11,19H2,1H3. The van der Waals surface area contributed by atoms with Gasteiger partial charge in [-0.05, 0) is 37.5 Å². The maximum absolute atomic E-state index is 6.63. The molecule has 1 atom stereocenters. The summed E-state index contributed by atoms with van der Waals surface area (Å²) in [6, 6.07) is 10.3. The van der Waals surface area contributed by atoms with E-state index >= 15 is 0 Å². The van der Waals surface area contributed by atoms with Crippen molar-refractivity contribution in [2.45, 2.75) is 50.7 Å². The van der Waals surface area contributed by atoms with E-state index < -0.39 is 0 Å². The van der Waals surface area contributed by atoms with Crippen molar-refractivity contribution in [3.05, 3.63) is 42.1 Å². The largest absolute Gasteiger partial charge is 0.373 e. The molecule has 0 spiro atoms. The lowest BCUT2D eigenvalue weighted by Crippen LogP contribution is -2.45. The summed E-state index contributed by atoms with van der Waals surface area (Å²) in [5, 5.41) is 1.16. The van der Waals surface area contributed by atoms with Crippen molar-refractivity contribution in [2.24, 2.45) is 5.73 Å². The van der Waals surface area contributed by atoms with E-state index in [9.17, 15) is 0 Å². The Bertz CT molecular complexity index is 599. The van der Waals surface area contributed by atoms with Crippen molar-refractivity contribution in [1.82, 2.24) is 4.98 Å². The Morgan fingerprint density at radius 2 is 2.05 bits per heavy atom. The van der Waals surface area contributed by atoms with Gasteiger partial charge in [0.25, 0.3) is 0 Å². The first kappa shape index (κ1) is 14.5. The zero-order valence-corrected chi connectivity index (χ0v) is 12.7. The van der Waals surface area contributed by atoms with Gasteiger partial charge in [-0.2, -0.15) is 0 Å². The first-order valence-electron chi connectivity index (χ1n) is 7.99. The number of hydrogen-bond donors (Lipinski definition) is 1. The van der Waals surface area contributed by atoms with Gasteiger partial charge in [0.15, 0.2) is 0 Å². The Morgan fingerprint density at radius 1 is 1.24 bits per heavy atom. The summed E-state index contributed by atoms with van der Waals surface area (Å²) in [5.41, 5.74) is 8.57. The molecule has 1 aliphatic carbocycles. The summed E-state index contributed by atoms with van der Waals surface area (Å²) in [6.07, 6.45) is 7.65. The van der Waals surface area contributed by atoms with Crippen molar-refractivity contribution < 1.29 is 4.74 Å². The predicted octanol–water partition coefficient (Wildman–Crippen LogP) is 3.97. The smallest absolute Gasteiger partial charge is 0.0874 e. The SMILES string of the molecule is CCOC1(C(N)c2ccc3cccnc3c2)CCCCC1. The molecule has 1 aromatic carbocycles. The van der Waals surface area contributed by atoms with Crippen LogP contribution in [0.15, 0.2) is 36.5 Å². The van der Waals surface area contributed by atoms with Crippen molar-refractivity contribution in [3.8, 4) is 0 Å². The summed E-state index contributed by atoms with van der Waals surface area (Å²) in [4.78, 5) is 4.44. The number of pyridine rings is 1. The van der Waals surface area contributed by atoms with Crippen LogP contribution in [0.3, 0.4) is 0 Å². The molecule has 0 saturated heterocycles. The molecule has 3 rings (SSSR count). The second kappa shape index (κ2) is 6.12. The number of hydrogen-bond acceptors (Lipinski definition) is 3. The molecule has 2 aromatic rings. The summed E-state index contributed by atoms with van der Waals surface area (Å²) in [6.45, 7) is 2.78. The number of nitrogens with two attached hydrogens (primary N) is 1. The van der Waals surface area contributed by atoms with Crippen LogP contribution in [0.1, 0.15) is 50.6 Å². The van der Waals surface area contributed by atoms with Gasteiger partial charge in [0, 0.05) is 18.2 Å². The molecule has 0 aliphatic heterocycles. The summed E-state index contributed by atoms with van der Waals surface area (Å²) < 4.78 is 6.15. The van der Waals surface area contributed by atoms with Gasteiger partial charge in [-0.15, -0.1) is 0 Å². The molecular formula is C18H24N2O. The molecule has 1 heterocycles. The van der Waals surface area contributed by atoms with E-state index in [1.807, 2.05) is 12.3 Å². The second-order valence-electron chi connectivity index (χ2n) is 5.99. The topological polar surface area (TPSA) is 48.1 Å². The minimum Gasteiger partial charge on any atom is -0.373 e. The van der Waals surface area contributed by atoms with Gasteiger partial charge in [-0.25, -0.2) is 0 Å². The number of benzene rings is 1. The lowest BCUT2D eigenvalue weighted by molar-refractivity contribution is -0.0830. The van der Waals surface area contributed by atoms with Crippen LogP contribution < -0.4 is 5.73 Å². The van der Waals surface area contributed by atoms with E-state index in [0.717, 1.165) is 35.9 Å². The Kier molecular flexibility index (Phi) is 4.22. The van der Waals surface area contributed by atoms with Gasteiger partial charge in [0.05, 0.1) is 17.2 Å². The van der Waals surface area contributed by atoms with Gasteiger partial charge >= 0.3 is 0 Å². The molecule has 1 aromatic heterocycles. The van der Waals surface area contributed by atoms with Crippen LogP contribution in [0.25, 0.3) is 10.9 Å². The van der Waals surface area contributed by atoms with E-state index in [1.165, 1.54) is 19.3 Å². The molecule has 1 saturated carbocycles. The van der Waals surface area contributed by atoms with E-state index in [-0.39, 0.29) is 11.6 Å². The molecule has 1 fully saturated rings. The average molecular weight is 284 g/mol. The molecule has 0 amide bonds. The maximum atomic E-state index is 6.63. The lowest BCUT2D eigenvalue weighted by atomic mass is 9.77. The van der Waals surface area contributed by atoms with Gasteiger partial charge in [-0.3, -0.25) is 4.98 Å². The number of rotatable bonds is 4. The van der Waals surface area contributed by atoms with Crippen LogP contribution in [-0.4, -0.2) is 17.2 Å². The second-order valence-corrected chi connectivity index (χ2v) is 5.99. The van der Waals surface area contributed by atoms with E-state index in [1.54, 1.807) is 0 Å². The first-order chi connectivity index (χ1) is 10.2. The molecule has 3 nitrogen and oxygen atoms in total. The summed E-state index contributed by atoms with van der Waals surface area (Å²) >= 11 is 0. The fourth-order valence-electron chi connectivity index (χ4n) is 3.56. The van der Waals surface area contributed by atoms with Crippen LogP contribution >= 0.6 is 0 Å². The maximum Gasteiger partial charge on any atom is 0.0874 e.